The van der Waals surface area contributed by atoms with Gasteiger partial charge in [-0.2, -0.15) is 0 Å². The van der Waals surface area contributed by atoms with E-state index in [4.69, 9.17) is 4.84 Å². The van der Waals surface area contributed by atoms with Crippen LogP contribution in [0.3, 0.4) is 0 Å². The molecule has 0 unspecified atom stereocenters. The van der Waals surface area contributed by atoms with E-state index in [1.165, 1.54) is 6.07 Å². The number of rotatable bonds is 5. The van der Waals surface area contributed by atoms with Gasteiger partial charge in [0.2, 0.25) is 0 Å². The minimum absolute atomic E-state index is 0.280. The van der Waals surface area contributed by atoms with Crippen molar-refractivity contribution in [3.63, 3.8) is 0 Å². The number of hydrogen-bond acceptors (Lipinski definition) is 2. The molecular formula is C16H13FNO. The second kappa shape index (κ2) is 6.50. The van der Waals surface area contributed by atoms with Crippen molar-refractivity contribution in [1.82, 2.24) is 0 Å². The van der Waals surface area contributed by atoms with Crippen LogP contribution in [0.25, 0.3) is 6.08 Å². The van der Waals surface area contributed by atoms with Crippen LogP contribution in [0.5, 0.6) is 0 Å². The molecule has 0 fully saturated rings. The van der Waals surface area contributed by atoms with Crippen molar-refractivity contribution in [2.24, 2.45) is 5.16 Å². The normalized spacial score (nSPS) is 10.6. The van der Waals surface area contributed by atoms with Gasteiger partial charge in [-0.15, -0.1) is 0 Å². The van der Waals surface area contributed by atoms with Gasteiger partial charge in [0.25, 0.3) is 0 Å². The highest BCUT2D eigenvalue weighted by Crippen LogP contribution is 2.08. The molecule has 95 valence electrons. The summed E-state index contributed by atoms with van der Waals surface area (Å²) in [5, 5.41) is 3.64. The Hall–Kier alpha value is -2.42. The molecule has 0 saturated carbocycles. The Labute approximate surface area is 111 Å². The first-order chi connectivity index (χ1) is 9.29. The highest BCUT2D eigenvalue weighted by molar-refractivity contribution is 5.79. The van der Waals surface area contributed by atoms with Gasteiger partial charge in [-0.1, -0.05) is 48.1 Å². The molecule has 2 aromatic carbocycles. The molecule has 0 heterocycles. The zero-order valence-corrected chi connectivity index (χ0v) is 10.3. The third-order valence-electron chi connectivity index (χ3n) is 2.52. The molecule has 0 saturated heterocycles. The molecule has 0 aliphatic carbocycles. The van der Waals surface area contributed by atoms with E-state index >= 15 is 0 Å². The Balaban J connectivity index is 1.93. The van der Waals surface area contributed by atoms with E-state index in [0.717, 1.165) is 11.1 Å². The number of nitrogens with zero attached hydrogens (tertiary/aromatic N) is 1. The molecule has 0 atom stereocenters. The Morgan fingerprint density at radius 2 is 2.05 bits per heavy atom. The van der Waals surface area contributed by atoms with Gasteiger partial charge < -0.3 is 4.84 Å². The third-order valence-corrected chi connectivity index (χ3v) is 2.52. The summed E-state index contributed by atoms with van der Waals surface area (Å²) in [5.41, 5.74) is 2.27. The topological polar surface area (TPSA) is 21.6 Å². The molecule has 0 aliphatic rings. The van der Waals surface area contributed by atoms with Crippen LogP contribution < -0.4 is 0 Å². The molecule has 2 nitrogen and oxygen atoms in total. The molecule has 19 heavy (non-hydrogen) atoms. The summed E-state index contributed by atoms with van der Waals surface area (Å²) in [5.74, 6) is -0.372. The largest absolute Gasteiger partial charge is 0.390 e. The summed E-state index contributed by atoms with van der Waals surface area (Å²) < 4.78 is 13.2. The number of hydrogen-bond donors (Lipinski definition) is 0. The first-order valence-electron chi connectivity index (χ1n) is 5.83. The SMILES string of the molecule is C=Cc1cccc(CO/N=[C]\c2ccccc2F)c1. The lowest BCUT2D eigenvalue weighted by atomic mass is 10.1. The van der Waals surface area contributed by atoms with Gasteiger partial charge in [0.05, 0.1) is 0 Å². The van der Waals surface area contributed by atoms with Gasteiger partial charge in [0.15, 0.2) is 0 Å². The maximum absolute atomic E-state index is 13.2. The lowest BCUT2D eigenvalue weighted by Crippen LogP contribution is -1.90. The van der Waals surface area contributed by atoms with Gasteiger partial charge in [-0.05, 0) is 29.3 Å². The maximum atomic E-state index is 13.2. The molecule has 2 rings (SSSR count). The van der Waals surface area contributed by atoms with E-state index in [-0.39, 0.29) is 11.4 Å². The highest BCUT2D eigenvalue weighted by atomic mass is 19.1. The lowest BCUT2D eigenvalue weighted by Gasteiger charge is -2.01. The van der Waals surface area contributed by atoms with E-state index < -0.39 is 0 Å². The van der Waals surface area contributed by atoms with Crippen LogP contribution in [0.15, 0.2) is 60.3 Å². The zero-order chi connectivity index (χ0) is 13.5. The highest BCUT2D eigenvalue weighted by Gasteiger charge is 1.97. The lowest BCUT2D eigenvalue weighted by molar-refractivity contribution is 0.132. The van der Waals surface area contributed by atoms with Crippen LogP contribution in [0, 0.1) is 5.82 Å². The van der Waals surface area contributed by atoms with Crippen LogP contribution in [0.4, 0.5) is 4.39 Å². The Morgan fingerprint density at radius 3 is 2.84 bits per heavy atom. The number of halogens is 1. The summed E-state index contributed by atoms with van der Waals surface area (Å²) >= 11 is 0. The first kappa shape index (κ1) is 13.0. The average Bonchev–Trinajstić information content (AvgIpc) is 2.45. The van der Waals surface area contributed by atoms with E-state index in [1.807, 2.05) is 24.3 Å². The quantitative estimate of drug-likeness (QED) is 0.586. The van der Waals surface area contributed by atoms with Crippen molar-refractivity contribution in [1.29, 1.82) is 0 Å². The van der Waals surface area contributed by atoms with Gasteiger partial charge in [0, 0.05) is 5.56 Å². The Kier molecular flexibility index (Phi) is 4.45. The molecule has 0 N–H and O–H groups in total. The molecule has 3 heteroatoms. The second-order valence-electron chi connectivity index (χ2n) is 3.91. The van der Waals surface area contributed by atoms with Gasteiger partial charge >= 0.3 is 0 Å². The fourth-order valence-corrected chi connectivity index (χ4v) is 1.55. The molecule has 0 spiro atoms. The van der Waals surface area contributed by atoms with Crippen LogP contribution in [0.2, 0.25) is 0 Å². The van der Waals surface area contributed by atoms with Crippen molar-refractivity contribution in [3.8, 4) is 0 Å². The smallest absolute Gasteiger partial charge is 0.142 e. The van der Waals surface area contributed by atoms with Gasteiger partial charge in [-0.25, -0.2) is 4.39 Å². The van der Waals surface area contributed by atoms with Crippen LogP contribution in [-0.2, 0) is 11.4 Å². The van der Waals surface area contributed by atoms with Crippen molar-refractivity contribution >= 4 is 12.3 Å². The van der Waals surface area contributed by atoms with Crippen LogP contribution in [0.1, 0.15) is 16.7 Å². The predicted molar refractivity (Wildman–Crippen MR) is 74.3 cm³/mol. The molecular weight excluding hydrogens is 241 g/mol. The van der Waals surface area contributed by atoms with E-state index in [1.54, 1.807) is 24.3 Å². The van der Waals surface area contributed by atoms with E-state index in [0.29, 0.717) is 6.61 Å². The third kappa shape index (κ3) is 3.78. The molecule has 0 aliphatic heterocycles. The molecule has 0 bridgehead atoms. The first-order valence-corrected chi connectivity index (χ1v) is 5.83. The fraction of sp³-hybridized carbons (Fsp3) is 0.0625. The summed E-state index contributed by atoms with van der Waals surface area (Å²) in [6, 6.07) is 14.0. The fourth-order valence-electron chi connectivity index (χ4n) is 1.55. The summed E-state index contributed by atoms with van der Waals surface area (Å²) in [6.45, 7) is 4.01. The predicted octanol–water partition coefficient (Wildman–Crippen LogP) is 3.90. The Morgan fingerprint density at radius 1 is 1.21 bits per heavy atom. The van der Waals surface area contributed by atoms with Crippen molar-refractivity contribution in [2.75, 3.05) is 0 Å². The maximum Gasteiger partial charge on any atom is 0.142 e. The Bertz CT molecular complexity index is 593. The summed E-state index contributed by atoms with van der Waals surface area (Å²) in [6.07, 6.45) is 4.28. The van der Waals surface area contributed by atoms with E-state index in [2.05, 4.69) is 17.9 Å². The summed E-state index contributed by atoms with van der Waals surface area (Å²) in [4.78, 5) is 5.09. The van der Waals surface area contributed by atoms with Crippen molar-refractivity contribution in [3.05, 3.63) is 77.6 Å². The monoisotopic (exact) mass is 254 g/mol. The van der Waals surface area contributed by atoms with Crippen molar-refractivity contribution in [2.45, 2.75) is 6.61 Å². The molecule has 1 radical (unpaired) electrons. The molecule has 2 aromatic rings. The summed E-state index contributed by atoms with van der Waals surface area (Å²) in [7, 11) is 0. The van der Waals surface area contributed by atoms with Gasteiger partial charge in [-0.3, -0.25) is 0 Å². The van der Waals surface area contributed by atoms with E-state index in [9.17, 15) is 4.39 Å². The second-order valence-corrected chi connectivity index (χ2v) is 3.91. The van der Waals surface area contributed by atoms with Crippen LogP contribution >= 0.6 is 0 Å². The van der Waals surface area contributed by atoms with Crippen molar-refractivity contribution < 1.29 is 9.23 Å². The zero-order valence-electron chi connectivity index (χ0n) is 10.3. The molecule has 0 amide bonds. The minimum Gasteiger partial charge on any atom is -0.390 e. The molecule has 0 aromatic heterocycles. The standard InChI is InChI=1S/C16H13FNO/c1-2-13-6-5-7-14(10-13)12-19-18-11-15-8-3-4-9-16(15)17/h2-10H,1,12H2. The van der Waals surface area contributed by atoms with Gasteiger partial charge in [0.1, 0.15) is 18.6 Å². The van der Waals surface area contributed by atoms with Crippen LogP contribution in [-0.4, -0.2) is 6.21 Å². The average molecular weight is 254 g/mol. The minimum atomic E-state index is -0.372. The number of benzene rings is 2.